The average Bonchev–Trinajstić information content (AvgIpc) is 3.27. The number of oxazole rings is 1. The van der Waals surface area contributed by atoms with Crippen LogP contribution in [0.3, 0.4) is 0 Å². The number of esters is 1. The molecule has 5 rings (SSSR count). The van der Waals surface area contributed by atoms with Gasteiger partial charge in [0.05, 0.1) is 17.6 Å². The molecule has 160 valence electrons. The van der Waals surface area contributed by atoms with E-state index in [2.05, 4.69) is 4.98 Å². The molecule has 4 aromatic rings. The van der Waals surface area contributed by atoms with E-state index in [0.717, 1.165) is 31.4 Å². The minimum absolute atomic E-state index is 0.0221. The van der Waals surface area contributed by atoms with Gasteiger partial charge in [-0.1, -0.05) is 11.6 Å². The summed E-state index contributed by atoms with van der Waals surface area (Å²) >= 11 is 7.44. The van der Waals surface area contributed by atoms with Crippen molar-refractivity contribution in [2.75, 3.05) is 0 Å². The molecule has 0 spiro atoms. The van der Waals surface area contributed by atoms with Crippen molar-refractivity contribution in [3.8, 4) is 0 Å². The molecule has 0 unspecified atom stereocenters. The first-order valence-electron chi connectivity index (χ1n) is 9.97. The van der Waals surface area contributed by atoms with E-state index in [1.807, 2.05) is 0 Å². The maximum absolute atomic E-state index is 12.6. The minimum Gasteiger partial charge on any atom is -0.459 e. The van der Waals surface area contributed by atoms with Gasteiger partial charge in [-0.25, -0.2) is 9.78 Å². The smallest absolute Gasteiger partial charge is 0.419 e. The van der Waals surface area contributed by atoms with Gasteiger partial charge in [0.2, 0.25) is 0 Å². The summed E-state index contributed by atoms with van der Waals surface area (Å²) in [7, 11) is 0. The van der Waals surface area contributed by atoms with Crippen molar-refractivity contribution < 1.29 is 13.9 Å². The largest absolute Gasteiger partial charge is 0.459 e. The molecule has 10 heteroatoms. The molecule has 0 N–H and O–H groups in total. The summed E-state index contributed by atoms with van der Waals surface area (Å²) in [6.07, 6.45) is 4.04. The quantitative estimate of drug-likeness (QED) is 0.425. The SMILES string of the molecule is O=C(CCn1c(=O)oc2cc(Cl)ccc21)OCc1cc(=O)n2c3c(sc2n1)CCCC3. The number of thiazole rings is 1. The van der Waals surface area contributed by atoms with Crippen molar-refractivity contribution >= 4 is 45.0 Å². The number of rotatable bonds is 5. The Hall–Kier alpha value is -2.91. The summed E-state index contributed by atoms with van der Waals surface area (Å²) in [6, 6.07) is 6.28. The summed E-state index contributed by atoms with van der Waals surface area (Å²) in [6.45, 7) is 0.0167. The number of hydrogen-bond acceptors (Lipinski definition) is 7. The fourth-order valence-corrected chi connectivity index (χ4v) is 5.29. The van der Waals surface area contributed by atoms with Crippen LogP contribution in [-0.2, 0) is 35.5 Å². The van der Waals surface area contributed by atoms with Gasteiger partial charge in [0, 0.05) is 34.3 Å². The van der Waals surface area contributed by atoms with E-state index in [1.54, 1.807) is 22.6 Å². The van der Waals surface area contributed by atoms with Crippen LogP contribution in [0, 0.1) is 0 Å². The Kier molecular flexibility index (Phi) is 5.15. The summed E-state index contributed by atoms with van der Waals surface area (Å²) in [4.78, 5) is 43.2. The number of ether oxygens (including phenoxy) is 1. The van der Waals surface area contributed by atoms with Gasteiger partial charge >= 0.3 is 11.7 Å². The molecule has 0 bridgehead atoms. The lowest BCUT2D eigenvalue weighted by atomic mass is 10.0. The van der Waals surface area contributed by atoms with Gasteiger partial charge in [-0.3, -0.25) is 18.6 Å². The number of carbonyl (C=O) groups excluding carboxylic acids is 1. The number of aryl methyl sites for hydroxylation is 3. The zero-order valence-electron chi connectivity index (χ0n) is 16.4. The number of aromatic nitrogens is 3. The van der Waals surface area contributed by atoms with Crippen molar-refractivity contribution in [1.29, 1.82) is 0 Å². The van der Waals surface area contributed by atoms with Crippen LogP contribution in [-0.4, -0.2) is 19.9 Å². The number of benzene rings is 1. The second-order valence-electron chi connectivity index (χ2n) is 7.43. The maximum Gasteiger partial charge on any atom is 0.419 e. The molecule has 0 amide bonds. The van der Waals surface area contributed by atoms with Gasteiger partial charge in [0.15, 0.2) is 10.5 Å². The predicted molar refractivity (Wildman–Crippen MR) is 116 cm³/mol. The third-order valence-electron chi connectivity index (χ3n) is 5.37. The third kappa shape index (κ3) is 3.79. The Morgan fingerprint density at radius 3 is 2.94 bits per heavy atom. The first-order valence-corrected chi connectivity index (χ1v) is 11.2. The van der Waals surface area contributed by atoms with Crippen molar-refractivity contribution in [3.05, 3.63) is 66.5 Å². The molecular weight excluding hydrogens is 442 g/mol. The summed E-state index contributed by atoms with van der Waals surface area (Å²) in [5.41, 5.74) is 2.25. The lowest BCUT2D eigenvalue weighted by Gasteiger charge is -2.10. The van der Waals surface area contributed by atoms with E-state index in [1.165, 1.54) is 26.8 Å². The molecule has 0 saturated heterocycles. The van der Waals surface area contributed by atoms with Crippen molar-refractivity contribution in [3.63, 3.8) is 0 Å². The Balaban J connectivity index is 1.27. The van der Waals surface area contributed by atoms with Gasteiger partial charge in [-0.05, 0) is 37.8 Å². The fourth-order valence-electron chi connectivity index (χ4n) is 3.90. The van der Waals surface area contributed by atoms with Crippen LogP contribution in [0.4, 0.5) is 0 Å². The fraction of sp³-hybridized carbons (Fsp3) is 0.333. The average molecular weight is 460 g/mol. The molecular formula is C21H18ClN3O5S. The van der Waals surface area contributed by atoms with Crippen LogP contribution in [0.5, 0.6) is 0 Å². The first kappa shape index (κ1) is 20.0. The summed E-state index contributed by atoms with van der Waals surface area (Å²) < 4.78 is 13.5. The Morgan fingerprint density at radius 2 is 2.06 bits per heavy atom. The number of halogens is 1. The molecule has 0 radical (unpaired) electrons. The normalized spacial score (nSPS) is 13.6. The van der Waals surface area contributed by atoms with Gasteiger partial charge in [0.25, 0.3) is 5.56 Å². The zero-order valence-corrected chi connectivity index (χ0v) is 18.0. The number of fused-ring (bicyclic) bond motifs is 4. The number of nitrogens with zero attached hydrogens (tertiary/aromatic N) is 3. The molecule has 0 fully saturated rings. The topological polar surface area (TPSA) is 95.8 Å². The second-order valence-corrected chi connectivity index (χ2v) is 8.92. The first-order chi connectivity index (χ1) is 15.0. The molecule has 31 heavy (non-hydrogen) atoms. The van der Waals surface area contributed by atoms with Crippen LogP contribution in [0.2, 0.25) is 5.02 Å². The predicted octanol–water partition coefficient (Wildman–Crippen LogP) is 3.33. The van der Waals surface area contributed by atoms with E-state index in [9.17, 15) is 14.4 Å². The Labute approximate surface area is 184 Å². The van der Waals surface area contributed by atoms with Gasteiger partial charge in [0.1, 0.15) is 6.61 Å². The lowest BCUT2D eigenvalue weighted by molar-refractivity contribution is -0.145. The molecule has 1 aromatic carbocycles. The molecule has 0 aliphatic heterocycles. The van der Waals surface area contributed by atoms with Gasteiger partial charge in [-0.2, -0.15) is 0 Å². The highest BCUT2D eigenvalue weighted by molar-refractivity contribution is 7.17. The third-order valence-corrected chi connectivity index (χ3v) is 6.74. The van der Waals surface area contributed by atoms with E-state index in [4.69, 9.17) is 20.8 Å². The Morgan fingerprint density at radius 1 is 1.23 bits per heavy atom. The monoisotopic (exact) mass is 459 g/mol. The van der Waals surface area contributed by atoms with Gasteiger partial charge in [-0.15, -0.1) is 11.3 Å². The molecule has 8 nitrogen and oxygen atoms in total. The van der Waals surface area contributed by atoms with E-state index in [0.29, 0.717) is 26.8 Å². The van der Waals surface area contributed by atoms with Crippen molar-refractivity contribution in [2.45, 2.75) is 45.3 Å². The zero-order chi connectivity index (χ0) is 21.5. The van der Waals surface area contributed by atoms with E-state index < -0.39 is 11.7 Å². The minimum atomic E-state index is -0.563. The summed E-state index contributed by atoms with van der Waals surface area (Å²) in [5, 5.41) is 0.458. The standard InChI is InChI=1S/C21H18ClN3O5S/c22-12-5-6-14-16(9-12)30-21(28)24(14)8-7-19(27)29-11-13-10-18(26)25-15-3-1-2-4-17(15)31-20(25)23-13/h5-6,9-10H,1-4,7-8,11H2. The van der Waals surface area contributed by atoms with Crippen LogP contribution in [0.25, 0.3) is 16.1 Å². The molecule has 3 aromatic heterocycles. The Bertz CT molecular complexity index is 1430. The van der Waals surface area contributed by atoms with Crippen LogP contribution >= 0.6 is 22.9 Å². The highest BCUT2D eigenvalue weighted by Gasteiger charge is 2.19. The highest BCUT2D eigenvalue weighted by atomic mass is 35.5. The number of hydrogen-bond donors (Lipinski definition) is 0. The summed E-state index contributed by atoms with van der Waals surface area (Å²) in [5.74, 6) is -1.06. The van der Waals surface area contributed by atoms with Crippen LogP contribution in [0.15, 0.2) is 38.3 Å². The second kappa shape index (κ2) is 7.97. The van der Waals surface area contributed by atoms with Crippen LogP contribution < -0.4 is 11.3 Å². The van der Waals surface area contributed by atoms with Gasteiger partial charge < -0.3 is 9.15 Å². The van der Waals surface area contributed by atoms with E-state index in [-0.39, 0.29) is 25.1 Å². The maximum atomic E-state index is 12.6. The molecule has 0 saturated carbocycles. The van der Waals surface area contributed by atoms with Crippen molar-refractivity contribution in [1.82, 2.24) is 14.0 Å². The highest BCUT2D eigenvalue weighted by Crippen LogP contribution is 2.28. The lowest BCUT2D eigenvalue weighted by Crippen LogP contribution is -2.19. The van der Waals surface area contributed by atoms with E-state index >= 15 is 0 Å². The molecule has 3 heterocycles. The number of carbonyl (C=O) groups is 1. The van der Waals surface area contributed by atoms with Crippen molar-refractivity contribution in [2.24, 2.45) is 0 Å². The molecule has 0 atom stereocenters. The van der Waals surface area contributed by atoms with Crippen LogP contribution in [0.1, 0.15) is 35.5 Å². The molecule has 1 aliphatic rings. The molecule has 1 aliphatic carbocycles.